The Kier molecular flexibility index (Phi) is 3.07. The Bertz CT molecular complexity index is 915. The summed E-state index contributed by atoms with van der Waals surface area (Å²) in [4.78, 5) is 35.8. The number of nitrogens with one attached hydrogen (secondary N) is 1. The van der Waals surface area contributed by atoms with Crippen molar-refractivity contribution in [3.05, 3.63) is 55.8 Å². The number of imide groups is 1. The largest absolute Gasteiger partial charge is 0.384 e. The summed E-state index contributed by atoms with van der Waals surface area (Å²) in [5, 5.41) is 2.46. The summed E-state index contributed by atoms with van der Waals surface area (Å²) in [5.41, 5.74) is 7.70. The van der Waals surface area contributed by atoms with E-state index in [0.29, 0.717) is 10.7 Å². The summed E-state index contributed by atoms with van der Waals surface area (Å²) >= 11 is 6.21. The van der Waals surface area contributed by atoms with Gasteiger partial charge in [0.15, 0.2) is 0 Å². The van der Waals surface area contributed by atoms with Crippen LogP contribution < -0.4 is 16.6 Å². The van der Waals surface area contributed by atoms with E-state index in [1.807, 2.05) is 13.8 Å². The average molecular weight is 318 g/mol. The van der Waals surface area contributed by atoms with Crippen molar-refractivity contribution >= 4 is 29.2 Å². The van der Waals surface area contributed by atoms with Crippen LogP contribution in [0.2, 0.25) is 5.02 Å². The van der Waals surface area contributed by atoms with Gasteiger partial charge in [0.05, 0.1) is 21.8 Å². The molecule has 0 spiro atoms. The van der Waals surface area contributed by atoms with Gasteiger partial charge in [-0.1, -0.05) is 11.6 Å². The first-order chi connectivity index (χ1) is 10.3. The molecule has 1 aromatic heterocycles. The van der Waals surface area contributed by atoms with Crippen LogP contribution in [-0.2, 0) is 0 Å². The lowest BCUT2D eigenvalue weighted by molar-refractivity contribution is 0.0880. The second kappa shape index (κ2) is 4.71. The van der Waals surface area contributed by atoms with Crippen molar-refractivity contribution in [1.29, 1.82) is 0 Å². The highest BCUT2D eigenvalue weighted by Gasteiger charge is 2.32. The molecule has 0 saturated heterocycles. The van der Waals surface area contributed by atoms with Gasteiger partial charge in [0.1, 0.15) is 5.82 Å². The molecule has 1 aromatic carbocycles. The molecular formula is C15H12ClN3O3. The van der Waals surface area contributed by atoms with Crippen LogP contribution in [0.3, 0.4) is 0 Å². The number of anilines is 1. The Morgan fingerprint density at radius 2 is 1.68 bits per heavy atom. The van der Waals surface area contributed by atoms with Gasteiger partial charge in [-0.2, -0.15) is 0 Å². The van der Waals surface area contributed by atoms with E-state index in [9.17, 15) is 14.4 Å². The number of fused-ring (bicyclic) bond motifs is 1. The third-order valence-electron chi connectivity index (χ3n) is 3.76. The molecule has 2 amide bonds. The Morgan fingerprint density at radius 1 is 1.05 bits per heavy atom. The van der Waals surface area contributed by atoms with Crippen molar-refractivity contribution in [2.75, 3.05) is 5.73 Å². The summed E-state index contributed by atoms with van der Waals surface area (Å²) in [5.74, 6) is -1.34. The predicted octanol–water partition coefficient (Wildman–Crippen LogP) is 1.57. The summed E-state index contributed by atoms with van der Waals surface area (Å²) in [6.07, 6.45) is 0. The number of hydrogen-bond donors (Lipinski definition) is 2. The maximum Gasteiger partial charge on any atom is 0.262 e. The summed E-state index contributed by atoms with van der Waals surface area (Å²) < 4.78 is 1.14. The van der Waals surface area contributed by atoms with Crippen LogP contribution in [0.1, 0.15) is 31.8 Å². The van der Waals surface area contributed by atoms with Crippen molar-refractivity contribution in [1.82, 2.24) is 9.88 Å². The number of carbonyl (C=O) groups is 2. The number of aryl methyl sites for hydroxylation is 2. The zero-order valence-electron chi connectivity index (χ0n) is 11.9. The van der Waals surface area contributed by atoms with Gasteiger partial charge in [0.25, 0.3) is 17.4 Å². The highest BCUT2D eigenvalue weighted by atomic mass is 35.5. The van der Waals surface area contributed by atoms with Crippen LogP contribution in [0.5, 0.6) is 0 Å². The van der Waals surface area contributed by atoms with Crippen molar-refractivity contribution < 1.29 is 9.59 Å². The Labute approximate surface area is 130 Å². The highest BCUT2D eigenvalue weighted by Crippen LogP contribution is 2.28. The molecule has 1 aliphatic rings. The molecule has 0 fully saturated rings. The molecule has 7 heteroatoms. The Morgan fingerprint density at radius 3 is 2.36 bits per heavy atom. The molecule has 0 saturated carbocycles. The number of nitrogens with zero attached hydrogens (tertiary/aromatic N) is 1. The fourth-order valence-corrected chi connectivity index (χ4v) is 2.77. The van der Waals surface area contributed by atoms with Gasteiger partial charge in [0.2, 0.25) is 0 Å². The second-order valence-electron chi connectivity index (χ2n) is 5.16. The van der Waals surface area contributed by atoms with Gasteiger partial charge in [-0.25, -0.2) is 0 Å². The monoisotopic (exact) mass is 317 g/mol. The molecular weight excluding hydrogens is 306 g/mol. The molecule has 2 aromatic rings. The van der Waals surface area contributed by atoms with Gasteiger partial charge in [-0.05, 0) is 37.1 Å². The number of aromatic nitrogens is 1. The van der Waals surface area contributed by atoms with Gasteiger partial charge in [-0.15, -0.1) is 0 Å². The molecule has 0 bridgehead atoms. The van der Waals surface area contributed by atoms with Gasteiger partial charge >= 0.3 is 0 Å². The number of halogens is 1. The number of amides is 2. The third-order valence-corrected chi connectivity index (χ3v) is 4.06. The minimum atomic E-state index is -0.623. The number of carbonyl (C=O) groups excluding carboxylic acids is 2. The van der Waals surface area contributed by atoms with Crippen LogP contribution in [0.15, 0.2) is 23.0 Å². The first-order valence-corrected chi connectivity index (χ1v) is 6.87. The fourth-order valence-electron chi connectivity index (χ4n) is 2.46. The zero-order valence-corrected chi connectivity index (χ0v) is 12.6. The van der Waals surface area contributed by atoms with Crippen LogP contribution >= 0.6 is 11.6 Å². The summed E-state index contributed by atoms with van der Waals surface area (Å²) in [6, 6.07) is 4.53. The molecule has 22 heavy (non-hydrogen) atoms. The average Bonchev–Trinajstić information content (AvgIpc) is 2.70. The smallest absolute Gasteiger partial charge is 0.262 e. The third kappa shape index (κ3) is 1.92. The van der Waals surface area contributed by atoms with E-state index in [1.165, 1.54) is 0 Å². The number of pyridine rings is 1. The topological polar surface area (TPSA) is 94.2 Å². The maximum atomic E-state index is 12.3. The van der Waals surface area contributed by atoms with E-state index >= 15 is 0 Å². The first kappa shape index (κ1) is 14.3. The van der Waals surface area contributed by atoms with Crippen molar-refractivity contribution in [3.8, 4) is 5.69 Å². The van der Waals surface area contributed by atoms with Crippen molar-refractivity contribution in [3.63, 3.8) is 0 Å². The Balaban J connectivity index is 2.37. The highest BCUT2D eigenvalue weighted by molar-refractivity contribution is 6.32. The Hall–Kier alpha value is -2.60. The van der Waals surface area contributed by atoms with Gasteiger partial charge in [-0.3, -0.25) is 24.3 Å². The molecule has 0 unspecified atom stereocenters. The summed E-state index contributed by atoms with van der Waals surface area (Å²) in [6.45, 7) is 3.77. The number of rotatable bonds is 1. The second-order valence-corrected chi connectivity index (χ2v) is 5.57. The summed E-state index contributed by atoms with van der Waals surface area (Å²) in [7, 11) is 0. The van der Waals surface area contributed by atoms with E-state index in [0.717, 1.165) is 21.8 Å². The minimum Gasteiger partial charge on any atom is -0.384 e. The SMILES string of the molecule is Cc1cc(Cl)c(-n2c(N)c3c(cc2=O)C(=O)NC3=O)cc1C. The first-order valence-electron chi connectivity index (χ1n) is 6.49. The molecule has 0 aliphatic carbocycles. The molecule has 3 N–H and O–H groups in total. The molecule has 1 aliphatic heterocycles. The van der Waals surface area contributed by atoms with E-state index < -0.39 is 17.4 Å². The lowest BCUT2D eigenvalue weighted by Gasteiger charge is -2.15. The van der Waals surface area contributed by atoms with Crippen LogP contribution in [0, 0.1) is 13.8 Å². The molecule has 6 nitrogen and oxygen atoms in total. The van der Waals surface area contributed by atoms with Crippen LogP contribution in [0.25, 0.3) is 5.69 Å². The molecule has 3 rings (SSSR count). The maximum absolute atomic E-state index is 12.3. The van der Waals surface area contributed by atoms with Gasteiger partial charge < -0.3 is 5.73 Å². The molecule has 112 valence electrons. The predicted molar refractivity (Wildman–Crippen MR) is 82.7 cm³/mol. The zero-order chi connectivity index (χ0) is 16.2. The van der Waals surface area contributed by atoms with Crippen molar-refractivity contribution in [2.45, 2.75) is 13.8 Å². The van der Waals surface area contributed by atoms with E-state index in [1.54, 1.807) is 12.1 Å². The quantitative estimate of drug-likeness (QED) is 0.781. The van der Waals surface area contributed by atoms with Crippen molar-refractivity contribution in [2.24, 2.45) is 0 Å². The van der Waals surface area contributed by atoms with E-state index in [4.69, 9.17) is 17.3 Å². The number of nitrogens with two attached hydrogens (primary N) is 1. The fraction of sp³-hybridized carbons (Fsp3) is 0.133. The van der Waals surface area contributed by atoms with Crippen LogP contribution in [0.4, 0.5) is 5.82 Å². The molecule has 0 radical (unpaired) electrons. The van der Waals surface area contributed by atoms with E-state index in [2.05, 4.69) is 5.32 Å². The number of nitrogen functional groups attached to an aromatic ring is 1. The normalized spacial score (nSPS) is 13.2. The van der Waals surface area contributed by atoms with Crippen LogP contribution in [-0.4, -0.2) is 16.4 Å². The lowest BCUT2D eigenvalue weighted by Crippen LogP contribution is -2.24. The number of hydrogen-bond acceptors (Lipinski definition) is 4. The van der Waals surface area contributed by atoms with E-state index in [-0.39, 0.29) is 16.9 Å². The molecule has 0 atom stereocenters. The molecule has 2 heterocycles. The van der Waals surface area contributed by atoms with Gasteiger partial charge in [0, 0.05) is 6.07 Å². The minimum absolute atomic E-state index is 0.00102. The standard InChI is InChI=1S/C15H12ClN3O3/c1-6-3-9(16)10(4-7(6)2)19-11(20)5-8-12(13(19)17)15(22)18-14(8)21/h3-5H,17H2,1-2H3,(H,18,21,22). The lowest BCUT2D eigenvalue weighted by atomic mass is 10.1. The number of benzene rings is 1.